The van der Waals surface area contributed by atoms with Crippen LogP contribution in [-0.2, 0) is 0 Å². The van der Waals surface area contributed by atoms with E-state index >= 15 is 0 Å². The molecule has 2 nitrogen and oxygen atoms in total. The molecule has 0 unspecified atom stereocenters. The van der Waals surface area contributed by atoms with Crippen LogP contribution >= 0.6 is 0 Å². The fourth-order valence-electron chi connectivity index (χ4n) is 1.82. The van der Waals surface area contributed by atoms with Gasteiger partial charge in [-0.25, -0.2) is 4.39 Å². The van der Waals surface area contributed by atoms with Crippen LogP contribution in [0.2, 0.25) is 0 Å². The minimum atomic E-state index is -0.220. The van der Waals surface area contributed by atoms with Crippen molar-refractivity contribution < 1.29 is 9.13 Å². The molecule has 82 valence electrons. The highest BCUT2D eigenvalue weighted by molar-refractivity contribution is 5.61. The summed E-state index contributed by atoms with van der Waals surface area (Å²) in [6.07, 6.45) is 0.905. The van der Waals surface area contributed by atoms with E-state index in [1.54, 1.807) is 0 Å². The van der Waals surface area contributed by atoms with Crippen LogP contribution in [0.15, 0.2) is 12.1 Å². The van der Waals surface area contributed by atoms with Crippen LogP contribution in [0.5, 0.6) is 5.75 Å². The van der Waals surface area contributed by atoms with Crippen molar-refractivity contribution in [2.24, 2.45) is 0 Å². The molecule has 3 heteroatoms. The summed E-state index contributed by atoms with van der Waals surface area (Å²) in [5.41, 5.74) is 1.41. The Balaban J connectivity index is 2.47. The summed E-state index contributed by atoms with van der Waals surface area (Å²) in [7, 11) is 0. The second-order valence-electron chi connectivity index (χ2n) is 4.64. The predicted octanol–water partition coefficient (Wildman–Crippen LogP) is 3.11. The van der Waals surface area contributed by atoms with Crippen LogP contribution in [0, 0.1) is 12.7 Å². The third-order valence-electron chi connectivity index (χ3n) is 2.66. The molecule has 0 atom stereocenters. The number of hydrogen-bond acceptors (Lipinski definition) is 2. The van der Waals surface area contributed by atoms with Gasteiger partial charge >= 0.3 is 0 Å². The monoisotopic (exact) mass is 209 g/mol. The van der Waals surface area contributed by atoms with Gasteiger partial charge in [-0.2, -0.15) is 0 Å². The van der Waals surface area contributed by atoms with Gasteiger partial charge in [-0.1, -0.05) is 0 Å². The molecule has 0 fully saturated rings. The largest absolute Gasteiger partial charge is 0.485 e. The van der Waals surface area contributed by atoms with Crippen molar-refractivity contribution in [3.05, 3.63) is 23.5 Å². The van der Waals surface area contributed by atoms with Crippen molar-refractivity contribution in [1.82, 2.24) is 0 Å². The minimum absolute atomic E-state index is 0.194. The number of aryl methyl sites for hydroxylation is 1. The van der Waals surface area contributed by atoms with Crippen molar-refractivity contribution in [2.45, 2.75) is 32.8 Å². The van der Waals surface area contributed by atoms with E-state index in [9.17, 15) is 4.39 Å². The van der Waals surface area contributed by atoms with Crippen LogP contribution in [0.4, 0.5) is 10.1 Å². The zero-order valence-electron chi connectivity index (χ0n) is 9.36. The molecule has 0 spiro atoms. The van der Waals surface area contributed by atoms with Crippen LogP contribution in [0.25, 0.3) is 0 Å². The van der Waals surface area contributed by atoms with Crippen molar-refractivity contribution in [3.8, 4) is 5.75 Å². The quantitative estimate of drug-likeness (QED) is 0.709. The van der Waals surface area contributed by atoms with Gasteiger partial charge in [-0.05, 0) is 32.4 Å². The van der Waals surface area contributed by atoms with Gasteiger partial charge in [-0.3, -0.25) is 0 Å². The van der Waals surface area contributed by atoms with Crippen LogP contribution in [0.3, 0.4) is 0 Å². The van der Waals surface area contributed by atoms with Crippen LogP contribution in [-0.4, -0.2) is 12.1 Å². The Bertz CT molecular complexity index is 387. The maximum Gasteiger partial charge on any atom is 0.146 e. The first-order chi connectivity index (χ1) is 6.98. The standard InChI is InChI=1S/C12H16FNO/c1-8-6-9(13)7-10-11(8)15-12(2,3)4-5-14-10/h6-7,14H,4-5H2,1-3H3. The van der Waals surface area contributed by atoms with Gasteiger partial charge < -0.3 is 10.1 Å². The summed E-state index contributed by atoms with van der Waals surface area (Å²) < 4.78 is 19.1. The lowest BCUT2D eigenvalue weighted by atomic mass is 10.1. The molecular weight excluding hydrogens is 193 g/mol. The van der Waals surface area contributed by atoms with Gasteiger partial charge in [0.05, 0.1) is 5.69 Å². The first kappa shape index (κ1) is 10.3. The number of anilines is 1. The Labute approximate surface area is 89.4 Å². The smallest absolute Gasteiger partial charge is 0.146 e. The minimum Gasteiger partial charge on any atom is -0.485 e. The Morgan fingerprint density at radius 1 is 1.40 bits per heavy atom. The molecule has 0 aliphatic carbocycles. The molecule has 1 aliphatic rings. The highest BCUT2D eigenvalue weighted by atomic mass is 19.1. The van der Waals surface area contributed by atoms with E-state index in [1.165, 1.54) is 12.1 Å². The summed E-state index contributed by atoms with van der Waals surface area (Å²) >= 11 is 0. The van der Waals surface area contributed by atoms with Gasteiger partial charge in [0.2, 0.25) is 0 Å². The second kappa shape index (κ2) is 3.40. The maximum atomic E-state index is 13.2. The Morgan fingerprint density at radius 2 is 2.13 bits per heavy atom. The highest BCUT2D eigenvalue weighted by Gasteiger charge is 2.25. The average molecular weight is 209 g/mol. The van der Waals surface area contributed by atoms with E-state index in [2.05, 4.69) is 5.32 Å². The topological polar surface area (TPSA) is 21.3 Å². The summed E-state index contributed by atoms with van der Waals surface area (Å²) in [5.74, 6) is 0.556. The van der Waals surface area contributed by atoms with E-state index in [0.29, 0.717) is 0 Å². The lowest BCUT2D eigenvalue weighted by Gasteiger charge is -2.24. The SMILES string of the molecule is Cc1cc(F)cc2c1OC(C)(C)CCN2. The fraction of sp³-hybridized carbons (Fsp3) is 0.500. The van der Waals surface area contributed by atoms with Crippen molar-refractivity contribution in [3.63, 3.8) is 0 Å². The predicted molar refractivity (Wildman–Crippen MR) is 59.0 cm³/mol. The molecule has 1 N–H and O–H groups in total. The van der Waals surface area contributed by atoms with E-state index in [0.717, 1.165) is 30.0 Å². The molecule has 0 saturated heterocycles. The zero-order chi connectivity index (χ0) is 11.1. The van der Waals surface area contributed by atoms with E-state index in [4.69, 9.17) is 4.74 Å². The number of hydrogen-bond donors (Lipinski definition) is 1. The molecule has 0 bridgehead atoms. The van der Waals surface area contributed by atoms with E-state index in [1.807, 2.05) is 20.8 Å². The van der Waals surface area contributed by atoms with Crippen molar-refractivity contribution in [2.75, 3.05) is 11.9 Å². The summed E-state index contributed by atoms with van der Waals surface area (Å²) in [4.78, 5) is 0. The van der Waals surface area contributed by atoms with Gasteiger partial charge in [0.25, 0.3) is 0 Å². The van der Waals surface area contributed by atoms with Gasteiger partial charge in [0, 0.05) is 19.0 Å². The van der Waals surface area contributed by atoms with Gasteiger partial charge in [0.1, 0.15) is 17.2 Å². The number of fused-ring (bicyclic) bond motifs is 1. The van der Waals surface area contributed by atoms with Crippen molar-refractivity contribution >= 4 is 5.69 Å². The molecule has 2 rings (SSSR count). The zero-order valence-corrected chi connectivity index (χ0v) is 9.36. The molecule has 0 radical (unpaired) electrons. The number of rotatable bonds is 0. The molecule has 15 heavy (non-hydrogen) atoms. The van der Waals surface area contributed by atoms with Gasteiger partial charge in [-0.15, -0.1) is 0 Å². The lowest BCUT2D eigenvalue weighted by molar-refractivity contribution is 0.107. The number of ether oxygens (including phenoxy) is 1. The molecule has 1 aliphatic heterocycles. The maximum absolute atomic E-state index is 13.2. The Morgan fingerprint density at radius 3 is 2.87 bits per heavy atom. The molecule has 0 aromatic heterocycles. The molecule has 1 aromatic rings. The number of nitrogens with one attached hydrogen (secondary N) is 1. The van der Waals surface area contributed by atoms with Crippen LogP contribution < -0.4 is 10.1 Å². The van der Waals surface area contributed by atoms with Gasteiger partial charge in [0.15, 0.2) is 0 Å². The molecule has 0 saturated carbocycles. The first-order valence-electron chi connectivity index (χ1n) is 5.21. The third-order valence-corrected chi connectivity index (χ3v) is 2.66. The van der Waals surface area contributed by atoms with Crippen molar-refractivity contribution in [1.29, 1.82) is 0 Å². The molecular formula is C12H16FNO. The summed E-state index contributed by atoms with van der Waals surface area (Å²) in [6, 6.07) is 2.99. The highest BCUT2D eigenvalue weighted by Crippen LogP contribution is 2.35. The lowest BCUT2D eigenvalue weighted by Crippen LogP contribution is -2.28. The van der Waals surface area contributed by atoms with E-state index < -0.39 is 0 Å². The average Bonchev–Trinajstić information content (AvgIpc) is 2.23. The Kier molecular flexibility index (Phi) is 2.33. The molecule has 0 amide bonds. The second-order valence-corrected chi connectivity index (χ2v) is 4.64. The first-order valence-corrected chi connectivity index (χ1v) is 5.21. The Hall–Kier alpha value is -1.25. The molecule has 1 heterocycles. The summed E-state index contributed by atoms with van der Waals surface area (Å²) in [6.45, 7) is 6.77. The molecule has 1 aromatic carbocycles. The van der Waals surface area contributed by atoms with Crippen LogP contribution in [0.1, 0.15) is 25.8 Å². The normalized spacial score (nSPS) is 18.4. The summed E-state index contributed by atoms with van der Waals surface area (Å²) in [5, 5.41) is 3.20. The number of halogens is 1. The third kappa shape index (κ3) is 2.06. The number of benzene rings is 1. The fourth-order valence-corrected chi connectivity index (χ4v) is 1.82. The van der Waals surface area contributed by atoms with E-state index in [-0.39, 0.29) is 11.4 Å².